The first-order chi connectivity index (χ1) is 5.84. The van der Waals surface area contributed by atoms with Crippen LogP contribution in [0.4, 0.5) is 5.69 Å². The molecule has 0 amide bonds. The molecule has 12 heavy (non-hydrogen) atoms. The number of benzene rings is 1. The van der Waals surface area contributed by atoms with Crippen molar-refractivity contribution in [1.82, 2.24) is 0 Å². The minimum Gasteiger partial charge on any atom is -0.374 e. The molecule has 1 aromatic rings. The highest BCUT2D eigenvalue weighted by Crippen LogP contribution is 2.10. The number of hydrogen-bond acceptors (Lipinski definition) is 1. The smallest absolute Gasteiger partial charge is 0.0363 e. The molecule has 0 unspecified atom stereocenters. The van der Waals surface area contributed by atoms with Crippen molar-refractivity contribution in [3.63, 3.8) is 0 Å². The lowest BCUT2D eigenvalue weighted by Crippen LogP contribution is -2.18. The summed E-state index contributed by atoms with van der Waals surface area (Å²) in [5.41, 5.74) is 1.27. The SMILES string of the molecule is CN(CCC=P)c1ccccc1. The maximum atomic E-state index is 3.34. The van der Waals surface area contributed by atoms with Crippen LogP contribution in [0.2, 0.25) is 0 Å². The van der Waals surface area contributed by atoms with Gasteiger partial charge in [0.1, 0.15) is 0 Å². The van der Waals surface area contributed by atoms with Crippen LogP contribution in [0.15, 0.2) is 30.3 Å². The Morgan fingerprint density at radius 3 is 2.58 bits per heavy atom. The van der Waals surface area contributed by atoms with Gasteiger partial charge in [-0.15, -0.1) is 8.86 Å². The quantitative estimate of drug-likeness (QED) is 0.642. The van der Waals surface area contributed by atoms with Gasteiger partial charge in [-0.2, -0.15) is 0 Å². The lowest BCUT2D eigenvalue weighted by atomic mass is 10.3. The van der Waals surface area contributed by atoms with Crippen molar-refractivity contribution < 1.29 is 0 Å². The summed E-state index contributed by atoms with van der Waals surface area (Å²) in [4.78, 5) is 2.23. The summed E-state index contributed by atoms with van der Waals surface area (Å²) >= 11 is 0. The highest BCUT2D eigenvalue weighted by Gasteiger charge is 1.95. The lowest BCUT2D eigenvalue weighted by Gasteiger charge is -2.17. The summed E-state index contributed by atoms with van der Waals surface area (Å²) in [6.45, 7) is 1.05. The van der Waals surface area contributed by atoms with Crippen LogP contribution in [0.1, 0.15) is 6.42 Å². The topological polar surface area (TPSA) is 3.24 Å². The molecule has 1 rings (SSSR count). The minimum atomic E-state index is 1.05. The maximum Gasteiger partial charge on any atom is 0.0363 e. The highest BCUT2D eigenvalue weighted by molar-refractivity contribution is 7.18. The van der Waals surface area contributed by atoms with Gasteiger partial charge >= 0.3 is 0 Å². The number of para-hydroxylation sites is 1. The largest absolute Gasteiger partial charge is 0.374 e. The van der Waals surface area contributed by atoms with E-state index in [1.165, 1.54) is 5.69 Å². The molecule has 0 atom stereocenters. The molecule has 1 nitrogen and oxygen atoms in total. The third-order valence-corrected chi connectivity index (χ3v) is 2.09. The van der Waals surface area contributed by atoms with E-state index in [9.17, 15) is 0 Å². The van der Waals surface area contributed by atoms with Crippen LogP contribution in [0.5, 0.6) is 0 Å². The van der Waals surface area contributed by atoms with E-state index >= 15 is 0 Å². The maximum absolute atomic E-state index is 3.34. The number of hydrogen-bond donors (Lipinski definition) is 0. The van der Waals surface area contributed by atoms with Gasteiger partial charge in [0.05, 0.1) is 0 Å². The molecule has 0 saturated carbocycles. The van der Waals surface area contributed by atoms with E-state index in [2.05, 4.69) is 45.1 Å². The van der Waals surface area contributed by atoms with E-state index < -0.39 is 0 Å². The fourth-order valence-corrected chi connectivity index (χ4v) is 1.20. The average Bonchev–Trinajstić information content (AvgIpc) is 2.15. The third kappa shape index (κ3) is 2.67. The van der Waals surface area contributed by atoms with Gasteiger partial charge in [0.15, 0.2) is 0 Å². The van der Waals surface area contributed by atoms with E-state index in [0.717, 1.165) is 13.0 Å². The molecular weight excluding hydrogens is 165 g/mol. The van der Waals surface area contributed by atoms with E-state index in [-0.39, 0.29) is 0 Å². The number of rotatable bonds is 4. The lowest BCUT2D eigenvalue weighted by molar-refractivity contribution is 0.932. The normalized spacial score (nSPS) is 9.42. The Morgan fingerprint density at radius 1 is 1.33 bits per heavy atom. The van der Waals surface area contributed by atoms with Gasteiger partial charge in [-0.05, 0) is 18.6 Å². The molecule has 0 spiro atoms. The van der Waals surface area contributed by atoms with Gasteiger partial charge in [0.2, 0.25) is 0 Å². The Balaban J connectivity index is 2.53. The molecule has 0 saturated heterocycles. The Labute approximate surface area is 76.2 Å². The van der Waals surface area contributed by atoms with Crippen molar-refractivity contribution in [1.29, 1.82) is 0 Å². The summed E-state index contributed by atoms with van der Waals surface area (Å²) in [5.74, 6) is 2.00. The predicted molar refractivity (Wildman–Crippen MR) is 58.7 cm³/mol. The van der Waals surface area contributed by atoms with Crippen LogP contribution in [-0.2, 0) is 0 Å². The summed E-state index contributed by atoms with van der Waals surface area (Å²) < 4.78 is 0. The molecule has 64 valence electrons. The summed E-state index contributed by atoms with van der Waals surface area (Å²) in [6, 6.07) is 10.4. The van der Waals surface area contributed by atoms with E-state index in [4.69, 9.17) is 0 Å². The predicted octanol–water partition coefficient (Wildman–Crippen LogP) is 2.46. The van der Waals surface area contributed by atoms with Crippen molar-refractivity contribution >= 4 is 20.3 Å². The number of anilines is 1. The molecule has 1 aromatic carbocycles. The van der Waals surface area contributed by atoms with Gasteiger partial charge in [0.25, 0.3) is 0 Å². The van der Waals surface area contributed by atoms with E-state index in [0.29, 0.717) is 0 Å². The summed E-state index contributed by atoms with van der Waals surface area (Å²) in [6.07, 6.45) is 1.06. The molecule has 0 aromatic heterocycles. The molecular formula is C10H14NP. The fourth-order valence-electron chi connectivity index (χ4n) is 1.07. The molecule has 0 aliphatic rings. The van der Waals surface area contributed by atoms with Crippen LogP contribution >= 0.6 is 8.86 Å². The molecule has 0 aliphatic heterocycles. The zero-order valence-corrected chi connectivity index (χ0v) is 8.33. The first kappa shape index (κ1) is 9.28. The van der Waals surface area contributed by atoms with Gasteiger partial charge in [0, 0.05) is 19.3 Å². The van der Waals surface area contributed by atoms with Gasteiger partial charge < -0.3 is 4.90 Å². The molecule has 0 radical (unpaired) electrons. The average molecular weight is 179 g/mol. The molecule has 0 heterocycles. The molecule has 0 bridgehead atoms. The second-order valence-electron chi connectivity index (χ2n) is 2.75. The molecule has 0 fully saturated rings. The van der Waals surface area contributed by atoms with Crippen molar-refractivity contribution in [3.8, 4) is 0 Å². The standard InChI is InChI=1S/C10H14NP/c1-11(8-5-9-12)10-6-3-2-4-7-10/h2-4,6-7,9,12H,5,8H2,1H3. The minimum absolute atomic E-state index is 1.05. The molecule has 2 heteroatoms. The zero-order chi connectivity index (χ0) is 8.81. The Bertz CT molecular complexity index is 233. The first-order valence-electron chi connectivity index (χ1n) is 4.09. The zero-order valence-electron chi connectivity index (χ0n) is 7.33. The van der Waals surface area contributed by atoms with E-state index in [1.807, 2.05) is 11.9 Å². The molecule has 0 aliphatic carbocycles. The van der Waals surface area contributed by atoms with Crippen molar-refractivity contribution in [2.24, 2.45) is 0 Å². The van der Waals surface area contributed by atoms with Gasteiger partial charge in [-0.3, -0.25) is 0 Å². The van der Waals surface area contributed by atoms with Crippen molar-refractivity contribution in [3.05, 3.63) is 30.3 Å². The summed E-state index contributed by atoms with van der Waals surface area (Å²) in [5, 5.41) is 0. The first-order valence-corrected chi connectivity index (χ1v) is 4.67. The second kappa shape index (κ2) is 4.95. The van der Waals surface area contributed by atoms with Gasteiger partial charge in [-0.1, -0.05) is 24.0 Å². The van der Waals surface area contributed by atoms with Crippen molar-refractivity contribution in [2.45, 2.75) is 6.42 Å². The van der Waals surface area contributed by atoms with Crippen molar-refractivity contribution in [2.75, 3.05) is 18.5 Å². The van der Waals surface area contributed by atoms with Crippen LogP contribution in [0.3, 0.4) is 0 Å². The van der Waals surface area contributed by atoms with E-state index in [1.54, 1.807) is 0 Å². The van der Waals surface area contributed by atoms with Crippen LogP contribution in [0, 0.1) is 0 Å². The van der Waals surface area contributed by atoms with Crippen LogP contribution < -0.4 is 4.90 Å². The monoisotopic (exact) mass is 179 g/mol. The Morgan fingerprint density at radius 2 is 2.00 bits per heavy atom. The third-order valence-electron chi connectivity index (χ3n) is 1.81. The second-order valence-corrected chi connectivity index (χ2v) is 3.16. The Kier molecular flexibility index (Phi) is 3.83. The summed E-state index contributed by atoms with van der Waals surface area (Å²) in [7, 11) is 5.45. The van der Waals surface area contributed by atoms with Crippen LogP contribution in [0.25, 0.3) is 0 Å². The number of nitrogens with zero attached hydrogens (tertiary/aromatic N) is 1. The molecule has 0 N–H and O–H groups in total. The fraction of sp³-hybridized carbons (Fsp3) is 0.300. The highest BCUT2D eigenvalue weighted by atomic mass is 31.0. The van der Waals surface area contributed by atoms with Crippen LogP contribution in [-0.4, -0.2) is 19.4 Å². The Hall–Kier alpha value is -0.810. The van der Waals surface area contributed by atoms with Gasteiger partial charge in [-0.25, -0.2) is 0 Å².